The summed E-state index contributed by atoms with van der Waals surface area (Å²) in [6.07, 6.45) is 0.796. The van der Waals surface area contributed by atoms with Crippen LogP contribution in [-0.4, -0.2) is 15.0 Å². The van der Waals surface area contributed by atoms with Crippen molar-refractivity contribution in [3.8, 4) is 5.75 Å². The van der Waals surface area contributed by atoms with E-state index in [-0.39, 0.29) is 17.3 Å². The van der Waals surface area contributed by atoms with Crippen molar-refractivity contribution < 1.29 is 25.6 Å². The summed E-state index contributed by atoms with van der Waals surface area (Å²) in [5.74, 6) is 0.795. The Morgan fingerprint density at radius 1 is 0.900 bits per heavy atom. The predicted molar refractivity (Wildman–Crippen MR) is 115 cm³/mol. The molecule has 5 nitrogen and oxygen atoms in total. The first-order valence-corrected chi connectivity index (χ1v) is 11.1. The van der Waals surface area contributed by atoms with Crippen LogP contribution in [0.15, 0.2) is 77.7 Å². The minimum atomic E-state index is -3.64. The molecule has 8 heteroatoms. The third-order valence-electron chi connectivity index (χ3n) is 4.45. The average Bonchev–Trinajstić information content (AvgIpc) is 2.71. The molecule has 160 valence electrons. The number of halogens is 2. The van der Waals surface area contributed by atoms with Gasteiger partial charge in [0.2, 0.25) is 10.0 Å². The Morgan fingerprint density at radius 2 is 1.53 bits per heavy atom. The first-order chi connectivity index (χ1) is 13.9. The van der Waals surface area contributed by atoms with E-state index in [4.69, 9.17) is 21.5 Å². The van der Waals surface area contributed by atoms with Crippen molar-refractivity contribution in [1.82, 2.24) is 5.32 Å². The fraction of sp³-hybridized carbons (Fsp3) is 0.182. The molecule has 0 saturated heterocycles. The number of hydrogen-bond donors (Lipinski definition) is 2. The maximum absolute atomic E-state index is 11.3. The van der Waals surface area contributed by atoms with Crippen LogP contribution in [0.5, 0.6) is 5.75 Å². The molecule has 0 fully saturated rings. The summed E-state index contributed by atoms with van der Waals surface area (Å²) in [5, 5.41) is 9.18. The van der Waals surface area contributed by atoms with Gasteiger partial charge in [-0.05, 0) is 54.4 Å². The van der Waals surface area contributed by atoms with Gasteiger partial charge < -0.3 is 22.5 Å². The zero-order valence-corrected chi connectivity index (χ0v) is 18.6. The van der Waals surface area contributed by atoms with Gasteiger partial charge in [-0.2, -0.15) is 0 Å². The Bertz CT molecular complexity index is 1040. The summed E-state index contributed by atoms with van der Waals surface area (Å²) in [7, 11) is -3.64. The number of rotatable bonds is 9. The second kappa shape index (κ2) is 11.3. The number of ether oxygens (including phenoxy) is 1. The van der Waals surface area contributed by atoms with Crippen molar-refractivity contribution >= 4 is 21.6 Å². The van der Waals surface area contributed by atoms with Gasteiger partial charge in [-0.1, -0.05) is 54.1 Å². The molecule has 3 aromatic carbocycles. The summed E-state index contributed by atoms with van der Waals surface area (Å²) in [6, 6.07) is 22.2. The number of hydrogen-bond acceptors (Lipinski definition) is 4. The number of benzene rings is 3. The fourth-order valence-electron chi connectivity index (χ4n) is 2.79. The molecule has 0 aromatic heterocycles. The van der Waals surface area contributed by atoms with Gasteiger partial charge in [-0.25, -0.2) is 13.6 Å². The standard InChI is InChI=1S/C22H23ClN2O3S.ClH/c23-22-4-2-1-3-19(22)16-28-20-9-5-18(6-10-20)15-25-14-13-17-7-11-21(12-8-17)29(24,26)27;/h1-12,25H,13-16H2,(H2,24,26,27);1H/p-1. The van der Waals surface area contributed by atoms with Gasteiger partial charge in [0, 0.05) is 17.1 Å². The van der Waals surface area contributed by atoms with Crippen LogP contribution in [0.3, 0.4) is 0 Å². The molecule has 3 rings (SSSR count). The Morgan fingerprint density at radius 3 is 2.17 bits per heavy atom. The van der Waals surface area contributed by atoms with E-state index < -0.39 is 10.0 Å². The fourth-order valence-corrected chi connectivity index (χ4v) is 3.50. The summed E-state index contributed by atoms with van der Waals surface area (Å²) in [5.41, 5.74) is 3.16. The number of nitrogens with two attached hydrogens (primary N) is 1. The molecule has 0 heterocycles. The Balaban J connectivity index is 0.00000320. The number of nitrogens with one attached hydrogen (secondary N) is 1. The Kier molecular flexibility index (Phi) is 9.14. The summed E-state index contributed by atoms with van der Waals surface area (Å²) in [6.45, 7) is 1.95. The van der Waals surface area contributed by atoms with E-state index in [9.17, 15) is 8.42 Å². The summed E-state index contributed by atoms with van der Waals surface area (Å²) in [4.78, 5) is 0.131. The Labute approximate surface area is 188 Å². The molecule has 0 amide bonds. The topological polar surface area (TPSA) is 81.4 Å². The highest BCUT2D eigenvalue weighted by molar-refractivity contribution is 7.89. The molecule has 30 heavy (non-hydrogen) atoms. The summed E-state index contributed by atoms with van der Waals surface area (Å²) >= 11 is 6.14. The predicted octanol–water partition coefficient (Wildman–Crippen LogP) is 0.903. The smallest absolute Gasteiger partial charge is 0.238 e. The number of sulfonamides is 1. The molecule has 0 unspecified atom stereocenters. The zero-order valence-electron chi connectivity index (χ0n) is 16.2. The van der Waals surface area contributed by atoms with Gasteiger partial charge in [-0.15, -0.1) is 0 Å². The third-order valence-corrected chi connectivity index (χ3v) is 5.74. The van der Waals surface area contributed by atoms with Crippen LogP contribution < -0.4 is 27.6 Å². The average molecular weight is 466 g/mol. The molecular weight excluding hydrogens is 443 g/mol. The van der Waals surface area contributed by atoms with Crippen molar-refractivity contribution in [1.29, 1.82) is 0 Å². The normalized spacial score (nSPS) is 11.0. The van der Waals surface area contributed by atoms with E-state index >= 15 is 0 Å². The van der Waals surface area contributed by atoms with E-state index in [0.29, 0.717) is 11.6 Å². The highest BCUT2D eigenvalue weighted by Crippen LogP contribution is 2.19. The van der Waals surface area contributed by atoms with Gasteiger partial charge in [0.1, 0.15) is 12.4 Å². The van der Waals surface area contributed by atoms with Crippen LogP contribution in [0.2, 0.25) is 5.02 Å². The molecule has 0 aliphatic rings. The van der Waals surface area contributed by atoms with Crippen LogP contribution in [0.1, 0.15) is 16.7 Å². The van der Waals surface area contributed by atoms with Crippen molar-refractivity contribution in [3.05, 3.63) is 94.5 Å². The number of primary sulfonamides is 1. The molecule has 0 radical (unpaired) electrons. The lowest BCUT2D eigenvalue weighted by molar-refractivity contribution is -0.00000877. The van der Waals surface area contributed by atoms with E-state index in [1.54, 1.807) is 12.1 Å². The lowest BCUT2D eigenvalue weighted by Crippen LogP contribution is -3.00. The van der Waals surface area contributed by atoms with Crippen molar-refractivity contribution in [2.75, 3.05) is 6.54 Å². The largest absolute Gasteiger partial charge is 1.00 e. The molecule has 0 aliphatic carbocycles. The molecule has 3 N–H and O–H groups in total. The van der Waals surface area contributed by atoms with E-state index in [1.165, 1.54) is 12.1 Å². The van der Waals surface area contributed by atoms with Crippen molar-refractivity contribution in [2.45, 2.75) is 24.5 Å². The molecule has 0 saturated carbocycles. The molecule has 0 spiro atoms. The van der Waals surface area contributed by atoms with Crippen molar-refractivity contribution in [3.63, 3.8) is 0 Å². The van der Waals surface area contributed by atoms with Crippen LogP contribution in [0.25, 0.3) is 0 Å². The first-order valence-electron chi connectivity index (χ1n) is 9.19. The summed E-state index contributed by atoms with van der Waals surface area (Å²) < 4.78 is 28.3. The van der Waals surface area contributed by atoms with E-state index in [2.05, 4.69) is 5.32 Å². The van der Waals surface area contributed by atoms with Gasteiger partial charge in [-0.3, -0.25) is 0 Å². The van der Waals surface area contributed by atoms with Gasteiger partial charge in [0.05, 0.1) is 4.90 Å². The maximum Gasteiger partial charge on any atom is 0.238 e. The second-order valence-corrected chi connectivity index (χ2v) is 8.61. The molecule has 0 bridgehead atoms. The van der Waals surface area contributed by atoms with Gasteiger partial charge >= 0.3 is 0 Å². The van der Waals surface area contributed by atoms with Crippen LogP contribution in [-0.2, 0) is 29.6 Å². The molecule has 3 aromatic rings. The highest BCUT2D eigenvalue weighted by Gasteiger charge is 2.06. The van der Waals surface area contributed by atoms with Crippen LogP contribution in [0, 0.1) is 0 Å². The molecule has 0 atom stereocenters. The molecule has 0 aliphatic heterocycles. The second-order valence-electron chi connectivity index (χ2n) is 6.64. The van der Waals surface area contributed by atoms with E-state index in [1.807, 2.05) is 48.5 Å². The monoisotopic (exact) mass is 465 g/mol. The van der Waals surface area contributed by atoms with Gasteiger partial charge in [0.15, 0.2) is 0 Å². The molecular formula is C22H23Cl2N2O3S-. The zero-order chi connectivity index (χ0) is 20.7. The first kappa shape index (κ1) is 24.2. The minimum Gasteiger partial charge on any atom is -1.00 e. The quantitative estimate of drug-likeness (QED) is 0.460. The SMILES string of the molecule is NS(=O)(=O)c1ccc(CCNCc2ccc(OCc3ccccc3Cl)cc2)cc1.[Cl-]. The lowest BCUT2D eigenvalue weighted by atomic mass is 10.1. The minimum absolute atomic E-state index is 0. The third kappa shape index (κ3) is 7.31. The Hall–Kier alpha value is -2.09. The van der Waals surface area contributed by atoms with Crippen LogP contribution in [0.4, 0.5) is 0 Å². The lowest BCUT2D eigenvalue weighted by Gasteiger charge is -2.09. The van der Waals surface area contributed by atoms with Crippen molar-refractivity contribution in [2.24, 2.45) is 5.14 Å². The maximum atomic E-state index is 11.3. The van der Waals surface area contributed by atoms with Crippen LogP contribution >= 0.6 is 11.6 Å². The highest BCUT2D eigenvalue weighted by atomic mass is 35.5. The van der Waals surface area contributed by atoms with E-state index in [0.717, 1.165) is 42.0 Å². The van der Waals surface area contributed by atoms with Gasteiger partial charge in [0.25, 0.3) is 0 Å².